The number of likely N-dealkylation sites (N-methyl/N-ethyl adjacent to an activating group) is 1. The first-order valence-electron chi connectivity index (χ1n) is 4.80. The van der Waals surface area contributed by atoms with Crippen LogP contribution in [0.15, 0.2) is 0 Å². The third-order valence-electron chi connectivity index (χ3n) is 1.99. The monoisotopic (exact) mass is 308 g/mol. The second kappa shape index (κ2) is 10.3. The fourth-order valence-corrected chi connectivity index (χ4v) is 0.792. The highest BCUT2D eigenvalue weighted by Gasteiger charge is 2.19. The van der Waals surface area contributed by atoms with Crippen molar-refractivity contribution in [2.24, 2.45) is 5.73 Å². The summed E-state index contributed by atoms with van der Waals surface area (Å²) in [7, 11) is 3.30. The molecule has 0 heterocycles. The van der Waals surface area contributed by atoms with Crippen molar-refractivity contribution in [2.45, 2.75) is 12.5 Å². The molecule has 0 saturated carbocycles. The summed E-state index contributed by atoms with van der Waals surface area (Å²) in [5.41, 5.74) is 5.14. The predicted molar refractivity (Wildman–Crippen MR) is 61.4 cm³/mol. The SMILES string of the molecule is C[N+](C)(CF)CCOC(=O)C[C@H](N)C(=O)O.Cl.[Cl-]. The van der Waals surface area contributed by atoms with Crippen molar-refractivity contribution in [3.05, 3.63) is 0 Å². The molecule has 0 radical (unpaired) electrons. The van der Waals surface area contributed by atoms with Crippen molar-refractivity contribution in [3.63, 3.8) is 0 Å². The first-order valence-corrected chi connectivity index (χ1v) is 4.80. The quantitative estimate of drug-likeness (QED) is 0.293. The molecule has 0 aromatic carbocycles. The van der Waals surface area contributed by atoms with E-state index >= 15 is 0 Å². The van der Waals surface area contributed by atoms with Gasteiger partial charge in [-0.3, -0.25) is 14.1 Å². The topological polar surface area (TPSA) is 89.6 Å². The molecule has 6 nitrogen and oxygen atoms in total. The molecular formula is C9H19Cl2FN2O4. The Morgan fingerprint density at radius 1 is 1.44 bits per heavy atom. The minimum atomic E-state index is -1.25. The lowest BCUT2D eigenvalue weighted by Crippen LogP contribution is -3.00. The van der Waals surface area contributed by atoms with Gasteiger partial charge in [-0.05, 0) is 0 Å². The predicted octanol–water partition coefficient (Wildman–Crippen LogP) is -3.24. The molecule has 0 aliphatic heterocycles. The third-order valence-corrected chi connectivity index (χ3v) is 1.99. The lowest BCUT2D eigenvalue weighted by molar-refractivity contribution is -0.902. The number of hydrogen-bond acceptors (Lipinski definition) is 4. The number of aliphatic carboxylic acids is 1. The Morgan fingerprint density at radius 2 is 1.94 bits per heavy atom. The van der Waals surface area contributed by atoms with Gasteiger partial charge in [-0.25, -0.2) is 0 Å². The van der Waals surface area contributed by atoms with Crippen molar-refractivity contribution >= 4 is 24.3 Å². The zero-order chi connectivity index (χ0) is 12.8. The first-order chi connectivity index (χ1) is 7.28. The number of esters is 1. The van der Waals surface area contributed by atoms with E-state index in [1.807, 2.05) is 0 Å². The lowest BCUT2D eigenvalue weighted by atomic mass is 10.2. The number of quaternary nitrogens is 1. The van der Waals surface area contributed by atoms with Crippen LogP contribution in [0.1, 0.15) is 6.42 Å². The van der Waals surface area contributed by atoms with Crippen LogP contribution in [0, 0.1) is 0 Å². The molecule has 0 rings (SSSR count). The maximum absolute atomic E-state index is 12.3. The minimum Gasteiger partial charge on any atom is -1.00 e. The Labute approximate surface area is 118 Å². The molecule has 9 heteroatoms. The summed E-state index contributed by atoms with van der Waals surface area (Å²) >= 11 is 0. The Bertz CT molecular complexity index is 267. The molecule has 0 aromatic heterocycles. The molecule has 0 aliphatic carbocycles. The number of carbonyl (C=O) groups excluding carboxylic acids is 1. The smallest absolute Gasteiger partial charge is 0.321 e. The molecule has 110 valence electrons. The van der Waals surface area contributed by atoms with Crippen LogP contribution in [0.2, 0.25) is 0 Å². The molecule has 0 aromatic rings. The van der Waals surface area contributed by atoms with Gasteiger partial charge < -0.3 is 28.0 Å². The number of halogens is 3. The minimum absolute atomic E-state index is 0. The Balaban J connectivity index is -0.00000112. The summed E-state index contributed by atoms with van der Waals surface area (Å²) in [4.78, 5) is 21.4. The number of carbonyl (C=O) groups is 2. The second-order valence-electron chi connectivity index (χ2n) is 4.15. The van der Waals surface area contributed by atoms with E-state index in [0.29, 0.717) is 6.54 Å². The second-order valence-corrected chi connectivity index (χ2v) is 4.15. The van der Waals surface area contributed by atoms with Gasteiger partial charge in [0.25, 0.3) is 0 Å². The molecule has 0 saturated heterocycles. The molecule has 0 unspecified atom stereocenters. The number of carboxylic acid groups (broad SMARTS) is 1. The maximum atomic E-state index is 12.3. The van der Waals surface area contributed by atoms with Crippen molar-refractivity contribution in [1.29, 1.82) is 0 Å². The van der Waals surface area contributed by atoms with Gasteiger partial charge in [-0.15, -0.1) is 12.4 Å². The normalized spacial score (nSPS) is 11.8. The highest BCUT2D eigenvalue weighted by molar-refractivity contribution is 5.85. The average molecular weight is 309 g/mol. The standard InChI is InChI=1S/C9H17FN2O4.2ClH/c1-12(2,6-10)3-4-16-8(13)5-7(11)9(14)15;;/h7H,3-6,11H2,1-2H3;2*1H/t7-;;/m0../s1. The van der Waals surface area contributed by atoms with E-state index in [1.165, 1.54) is 0 Å². The van der Waals surface area contributed by atoms with Gasteiger partial charge in [-0.2, -0.15) is 4.39 Å². The average Bonchev–Trinajstić information content (AvgIpc) is 2.17. The van der Waals surface area contributed by atoms with Crippen LogP contribution in [0.3, 0.4) is 0 Å². The van der Waals surface area contributed by atoms with Crippen LogP contribution in [0.25, 0.3) is 0 Å². The van der Waals surface area contributed by atoms with Gasteiger partial charge in [0.1, 0.15) is 19.2 Å². The largest absolute Gasteiger partial charge is 1.00 e. The van der Waals surface area contributed by atoms with E-state index in [9.17, 15) is 14.0 Å². The summed E-state index contributed by atoms with van der Waals surface area (Å²) in [5.74, 6) is -1.94. The highest BCUT2D eigenvalue weighted by Crippen LogP contribution is 1.98. The van der Waals surface area contributed by atoms with Crippen LogP contribution in [-0.2, 0) is 14.3 Å². The van der Waals surface area contributed by atoms with Crippen LogP contribution in [0.5, 0.6) is 0 Å². The number of carboxylic acids is 1. The first kappa shape index (κ1) is 22.5. The van der Waals surface area contributed by atoms with Crippen molar-refractivity contribution in [1.82, 2.24) is 0 Å². The highest BCUT2D eigenvalue weighted by atomic mass is 35.5. The molecule has 18 heavy (non-hydrogen) atoms. The zero-order valence-electron chi connectivity index (χ0n) is 10.3. The molecule has 3 N–H and O–H groups in total. The number of rotatable bonds is 7. The van der Waals surface area contributed by atoms with Gasteiger partial charge in [0.2, 0.25) is 6.80 Å². The van der Waals surface area contributed by atoms with Crippen molar-refractivity contribution in [3.8, 4) is 0 Å². The molecule has 0 spiro atoms. The van der Waals surface area contributed by atoms with Crippen LogP contribution in [0.4, 0.5) is 4.39 Å². The number of hydrogen-bond donors (Lipinski definition) is 2. The zero-order valence-corrected chi connectivity index (χ0v) is 11.8. The van der Waals surface area contributed by atoms with Gasteiger partial charge in [0.05, 0.1) is 20.5 Å². The van der Waals surface area contributed by atoms with Gasteiger partial charge >= 0.3 is 11.9 Å². The Kier molecular flexibility index (Phi) is 12.9. The molecule has 0 aliphatic rings. The molecule has 0 bridgehead atoms. The van der Waals surface area contributed by atoms with E-state index < -0.39 is 24.8 Å². The third kappa shape index (κ3) is 10.5. The molecule has 0 amide bonds. The number of nitrogens with zero attached hydrogens (tertiary/aromatic N) is 1. The molecule has 0 fully saturated rings. The summed E-state index contributed by atoms with van der Waals surface area (Å²) < 4.78 is 17.2. The van der Waals surface area contributed by atoms with Crippen LogP contribution < -0.4 is 18.1 Å². The van der Waals surface area contributed by atoms with Gasteiger partial charge in [0.15, 0.2) is 0 Å². The van der Waals surface area contributed by atoms with Crippen LogP contribution >= 0.6 is 12.4 Å². The van der Waals surface area contributed by atoms with E-state index in [1.54, 1.807) is 14.1 Å². The fourth-order valence-electron chi connectivity index (χ4n) is 0.792. The lowest BCUT2D eigenvalue weighted by Gasteiger charge is -2.25. The van der Waals surface area contributed by atoms with Crippen molar-refractivity contribution < 1.29 is 40.7 Å². The Hall–Kier alpha value is -0.630. The van der Waals surface area contributed by atoms with E-state index in [2.05, 4.69) is 0 Å². The van der Waals surface area contributed by atoms with Gasteiger partial charge in [-0.1, -0.05) is 0 Å². The van der Waals surface area contributed by atoms with E-state index in [-0.39, 0.29) is 42.3 Å². The fraction of sp³-hybridized carbons (Fsp3) is 0.778. The van der Waals surface area contributed by atoms with Crippen molar-refractivity contribution in [2.75, 3.05) is 34.0 Å². The summed E-state index contributed by atoms with van der Waals surface area (Å²) in [6.07, 6.45) is -0.377. The maximum Gasteiger partial charge on any atom is 0.321 e. The number of nitrogens with two attached hydrogens (primary N) is 1. The van der Waals surface area contributed by atoms with E-state index in [0.717, 1.165) is 0 Å². The summed E-state index contributed by atoms with van der Waals surface area (Å²) in [5, 5.41) is 8.44. The summed E-state index contributed by atoms with van der Waals surface area (Å²) in [6.45, 7) is -0.196. The van der Waals surface area contributed by atoms with Gasteiger partial charge in [0, 0.05) is 0 Å². The molecule has 1 atom stereocenters. The van der Waals surface area contributed by atoms with Crippen LogP contribution in [-0.4, -0.2) is 61.6 Å². The summed E-state index contributed by atoms with van der Waals surface area (Å²) in [6, 6.07) is -1.25. The Morgan fingerprint density at radius 3 is 2.33 bits per heavy atom. The molecular weight excluding hydrogens is 290 g/mol. The van der Waals surface area contributed by atoms with E-state index in [4.69, 9.17) is 15.6 Å². The number of alkyl halides is 1. The number of ether oxygens (including phenoxy) is 1.